The van der Waals surface area contributed by atoms with Gasteiger partial charge in [0.2, 0.25) is 0 Å². The lowest BCUT2D eigenvalue weighted by molar-refractivity contribution is 0.0689. The fraction of sp³-hybridized carbons (Fsp3) is 0.0769. The fourth-order valence-corrected chi connectivity index (χ4v) is 2.34. The van der Waals surface area contributed by atoms with Crippen LogP contribution in [0.2, 0.25) is 5.02 Å². The van der Waals surface area contributed by atoms with Crippen LogP contribution in [0.4, 0.5) is 0 Å². The summed E-state index contributed by atoms with van der Waals surface area (Å²) in [7, 11) is 0. The van der Waals surface area contributed by atoms with Crippen LogP contribution in [0.3, 0.4) is 0 Å². The van der Waals surface area contributed by atoms with Crippen molar-refractivity contribution in [2.45, 2.75) is 10.9 Å². The van der Waals surface area contributed by atoms with Crippen LogP contribution in [0, 0.1) is 11.3 Å². The maximum Gasteiger partial charge on any atom is 0.356 e. The lowest BCUT2D eigenvalue weighted by Crippen LogP contribution is -2.03. The van der Waals surface area contributed by atoms with Crippen molar-refractivity contribution >= 4 is 29.3 Å². The highest BCUT2D eigenvalue weighted by Crippen LogP contribution is 2.22. The van der Waals surface area contributed by atoms with Crippen molar-refractivity contribution < 1.29 is 9.90 Å². The molecule has 0 spiro atoms. The minimum absolute atomic E-state index is 0.0141. The second-order valence-corrected chi connectivity index (χ2v) is 5.10. The first-order valence-electron chi connectivity index (χ1n) is 5.48. The molecule has 100 valence electrons. The van der Waals surface area contributed by atoms with E-state index in [4.69, 9.17) is 22.0 Å². The number of rotatable bonds is 4. The van der Waals surface area contributed by atoms with E-state index in [9.17, 15) is 4.79 Å². The molecule has 20 heavy (non-hydrogen) atoms. The Bertz CT molecular complexity index is 683. The van der Waals surface area contributed by atoms with E-state index < -0.39 is 5.97 Å². The van der Waals surface area contributed by atoms with Crippen LogP contribution in [0.5, 0.6) is 0 Å². The Morgan fingerprint density at radius 3 is 2.70 bits per heavy atom. The summed E-state index contributed by atoms with van der Waals surface area (Å²) in [4.78, 5) is 18.8. The summed E-state index contributed by atoms with van der Waals surface area (Å²) in [6.07, 6.45) is 1.28. The highest BCUT2D eigenvalue weighted by Gasteiger charge is 2.12. The molecule has 1 aromatic heterocycles. The van der Waals surface area contributed by atoms with Gasteiger partial charge in [-0.3, -0.25) is 0 Å². The van der Waals surface area contributed by atoms with Crippen molar-refractivity contribution in [1.29, 1.82) is 5.26 Å². The molecule has 0 atom stereocenters. The second-order valence-electron chi connectivity index (χ2n) is 3.75. The number of aromatic nitrogens is 2. The molecular formula is C13H8ClN3O2S. The number of hydrogen-bond donors (Lipinski definition) is 1. The highest BCUT2D eigenvalue weighted by atomic mass is 35.5. The molecule has 0 fully saturated rings. The number of benzene rings is 1. The molecule has 1 N–H and O–H groups in total. The first kappa shape index (κ1) is 14.3. The third-order valence-corrected chi connectivity index (χ3v) is 3.58. The van der Waals surface area contributed by atoms with Gasteiger partial charge in [-0.25, -0.2) is 14.8 Å². The Kier molecular flexibility index (Phi) is 4.56. The summed E-state index contributed by atoms with van der Waals surface area (Å²) in [5, 5.41) is 18.0. The van der Waals surface area contributed by atoms with Gasteiger partial charge in [-0.05, 0) is 17.7 Å². The van der Waals surface area contributed by atoms with Crippen molar-refractivity contribution in [3.05, 3.63) is 52.3 Å². The Labute approximate surface area is 124 Å². The number of aromatic carboxylic acids is 1. The molecule has 2 aromatic rings. The van der Waals surface area contributed by atoms with Crippen molar-refractivity contribution in [2.75, 3.05) is 0 Å². The van der Waals surface area contributed by atoms with Gasteiger partial charge in [-0.2, -0.15) is 5.26 Å². The van der Waals surface area contributed by atoms with Crippen molar-refractivity contribution in [3.63, 3.8) is 0 Å². The van der Waals surface area contributed by atoms with Crippen LogP contribution in [-0.2, 0) is 5.75 Å². The lowest BCUT2D eigenvalue weighted by Gasteiger charge is -2.03. The zero-order chi connectivity index (χ0) is 14.5. The number of carboxylic acids is 1. The largest absolute Gasteiger partial charge is 0.476 e. The molecule has 1 aromatic carbocycles. The molecule has 7 heteroatoms. The predicted octanol–water partition coefficient (Wildman–Crippen LogP) is 2.99. The number of thioether (sulfide) groups is 1. The van der Waals surface area contributed by atoms with Crippen LogP contribution in [0.25, 0.3) is 0 Å². The van der Waals surface area contributed by atoms with Gasteiger partial charge in [0.05, 0.1) is 22.9 Å². The number of carboxylic acid groups (broad SMARTS) is 1. The molecule has 0 aliphatic rings. The Morgan fingerprint density at radius 1 is 1.40 bits per heavy atom. The summed E-state index contributed by atoms with van der Waals surface area (Å²) in [6, 6.07) is 9.16. The number of carbonyl (C=O) groups is 1. The highest BCUT2D eigenvalue weighted by molar-refractivity contribution is 7.98. The van der Waals surface area contributed by atoms with E-state index in [-0.39, 0.29) is 10.7 Å². The first-order valence-corrected chi connectivity index (χ1v) is 6.84. The van der Waals surface area contributed by atoms with Gasteiger partial charge in [-0.1, -0.05) is 35.5 Å². The molecule has 0 amide bonds. The predicted molar refractivity (Wildman–Crippen MR) is 74.7 cm³/mol. The van der Waals surface area contributed by atoms with E-state index >= 15 is 0 Å². The second kappa shape index (κ2) is 6.37. The summed E-state index contributed by atoms with van der Waals surface area (Å²) in [6.45, 7) is 0. The summed E-state index contributed by atoms with van der Waals surface area (Å²) >= 11 is 7.00. The minimum Gasteiger partial charge on any atom is -0.476 e. The fourth-order valence-electron chi connectivity index (χ4n) is 1.39. The number of hydrogen-bond acceptors (Lipinski definition) is 5. The van der Waals surface area contributed by atoms with Gasteiger partial charge in [0.25, 0.3) is 0 Å². The van der Waals surface area contributed by atoms with Gasteiger partial charge < -0.3 is 5.11 Å². The van der Waals surface area contributed by atoms with Crippen LogP contribution in [-0.4, -0.2) is 21.0 Å². The van der Waals surface area contributed by atoms with Gasteiger partial charge in [-0.15, -0.1) is 0 Å². The Balaban J connectivity index is 2.09. The van der Waals surface area contributed by atoms with E-state index in [1.54, 1.807) is 12.1 Å². The van der Waals surface area contributed by atoms with E-state index in [0.717, 1.165) is 5.56 Å². The minimum atomic E-state index is -1.18. The molecule has 0 radical (unpaired) electrons. The lowest BCUT2D eigenvalue weighted by atomic mass is 10.2. The molecule has 2 rings (SSSR count). The van der Waals surface area contributed by atoms with E-state index in [2.05, 4.69) is 9.97 Å². The van der Waals surface area contributed by atoms with Gasteiger partial charge in [0, 0.05) is 5.75 Å². The Morgan fingerprint density at radius 2 is 2.10 bits per heavy atom. The third kappa shape index (κ3) is 3.47. The summed E-state index contributed by atoms with van der Waals surface area (Å²) in [5.74, 6) is -0.607. The van der Waals surface area contributed by atoms with Crippen molar-refractivity contribution in [1.82, 2.24) is 9.97 Å². The maximum atomic E-state index is 10.9. The molecule has 0 aliphatic heterocycles. The number of nitrogens with zero attached hydrogens (tertiary/aromatic N) is 3. The zero-order valence-electron chi connectivity index (χ0n) is 10.1. The van der Waals surface area contributed by atoms with Gasteiger partial charge in [0.1, 0.15) is 0 Å². The molecule has 1 heterocycles. The average molecular weight is 306 g/mol. The van der Waals surface area contributed by atoms with Crippen LogP contribution < -0.4 is 0 Å². The smallest absolute Gasteiger partial charge is 0.356 e. The molecule has 0 bridgehead atoms. The molecule has 5 nitrogen and oxygen atoms in total. The molecular weight excluding hydrogens is 298 g/mol. The monoisotopic (exact) mass is 305 g/mol. The van der Waals surface area contributed by atoms with E-state index in [1.165, 1.54) is 18.0 Å². The summed E-state index contributed by atoms with van der Waals surface area (Å²) < 4.78 is 0. The zero-order valence-corrected chi connectivity index (χ0v) is 11.6. The van der Waals surface area contributed by atoms with Gasteiger partial charge in [0.15, 0.2) is 10.9 Å². The molecule has 0 saturated carbocycles. The van der Waals surface area contributed by atoms with Crippen molar-refractivity contribution in [2.24, 2.45) is 0 Å². The number of nitriles is 1. The van der Waals surface area contributed by atoms with Crippen LogP contribution in [0.15, 0.2) is 35.6 Å². The quantitative estimate of drug-likeness (QED) is 0.690. The SMILES string of the molecule is N#Cc1ccc(CSc2ncc(Cl)c(C(=O)O)n2)cc1. The van der Waals surface area contributed by atoms with E-state index in [0.29, 0.717) is 16.5 Å². The topological polar surface area (TPSA) is 86.9 Å². The van der Waals surface area contributed by atoms with E-state index in [1.807, 2.05) is 18.2 Å². The van der Waals surface area contributed by atoms with Crippen LogP contribution >= 0.6 is 23.4 Å². The maximum absolute atomic E-state index is 10.9. The Hall–Kier alpha value is -2.10. The molecule has 0 aliphatic carbocycles. The summed E-state index contributed by atoms with van der Waals surface area (Å²) in [5.41, 5.74) is 1.38. The van der Waals surface area contributed by atoms with Gasteiger partial charge >= 0.3 is 5.97 Å². The third-order valence-electron chi connectivity index (χ3n) is 2.38. The van der Waals surface area contributed by atoms with Crippen molar-refractivity contribution in [3.8, 4) is 6.07 Å². The molecule has 0 unspecified atom stereocenters. The number of halogens is 1. The molecule has 0 saturated heterocycles. The van der Waals surface area contributed by atoms with Crippen LogP contribution in [0.1, 0.15) is 21.6 Å². The first-order chi connectivity index (χ1) is 9.60. The standard InChI is InChI=1S/C13H8ClN3O2S/c14-10-6-16-13(17-11(10)12(18)19)20-7-9-3-1-8(5-15)2-4-9/h1-4,6H,7H2,(H,18,19). The normalized spacial score (nSPS) is 10.0. The average Bonchev–Trinajstić information content (AvgIpc) is 2.46.